The van der Waals surface area contributed by atoms with Crippen molar-refractivity contribution in [2.75, 3.05) is 11.4 Å². The molecule has 2 aromatic heterocycles. The summed E-state index contributed by atoms with van der Waals surface area (Å²) >= 11 is 1.70. The number of nitro benzene ring substituents is 1. The van der Waals surface area contributed by atoms with E-state index in [0.29, 0.717) is 6.54 Å². The summed E-state index contributed by atoms with van der Waals surface area (Å²) in [5.74, 6) is 0.924. The number of benzene rings is 1. The lowest BCUT2D eigenvalue weighted by Gasteiger charge is -2.29. The molecule has 1 aliphatic rings. The SMILES string of the molecule is CCc1cc2c(N3CCc4ccc([N+](=O)[O-])cc4C3)ncnc2s1. The van der Waals surface area contributed by atoms with Gasteiger partial charge in [0.15, 0.2) is 0 Å². The Balaban J connectivity index is 1.73. The van der Waals surface area contributed by atoms with Crippen molar-refractivity contribution in [3.05, 3.63) is 56.7 Å². The van der Waals surface area contributed by atoms with Crippen LogP contribution in [0, 0.1) is 10.1 Å². The smallest absolute Gasteiger partial charge is 0.269 e. The first-order valence-corrected chi connectivity index (χ1v) is 8.72. The Bertz CT molecular complexity index is 937. The van der Waals surface area contributed by atoms with Gasteiger partial charge in [-0.15, -0.1) is 11.3 Å². The van der Waals surface area contributed by atoms with Gasteiger partial charge in [-0.1, -0.05) is 13.0 Å². The molecule has 0 atom stereocenters. The van der Waals surface area contributed by atoms with Crippen LogP contribution in [0.3, 0.4) is 0 Å². The van der Waals surface area contributed by atoms with Gasteiger partial charge in [0.2, 0.25) is 0 Å². The Kier molecular flexibility index (Phi) is 3.65. The van der Waals surface area contributed by atoms with Gasteiger partial charge in [-0.3, -0.25) is 10.1 Å². The number of non-ortho nitro benzene ring substituents is 1. The number of aryl methyl sites for hydroxylation is 1. The number of nitrogens with zero attached hydrogens (tertiary/aromatic N) is 4. The fraction of sp³-hybridized carbons (Fsp3) is 0.294. The van der Waals surface area contributed by atoms with Crippen molar-refractivity contribution in [1.29, 1.82) is 0 Å². The number of hydrogen-bond acceptors (Lipinski definition) is 6. The Morgan fingerprint density at radius 3 is 2.96 bits per heavy atom. The third kappa shape index (κ3) is 2.50. The first kappa shape index (κ1) is 15.0. The normalized spacial score (nSPS) is 14.0. The molecule has 122 valence electrons. The first-order chi connectivity index (χ1) is 11.7. The molecule has 0 bridgehead atoms. The zero-order valence-electron chi connectivity index (χ0n) is 13.2. The summed E-state index contributed by atoms with van der Waals surface area (Å²) in [6, 6.07) is 7.31. The van der Waals surface area contributed by atoms with Gasteiger partial charge >= 0.3 is 0 Å². The molecule has 0 aliphatic carbocycles. The van der Waals surface area contributed by atoms with Crippen molar-refractivity contribution in [3.8, 4) is 0 Å². The van der Waals surface area contributed by atoms with Crippen LogP contribution in [-0.2, 0) is 19.4 Å². The summed E-state index contributed by atoms with van der Waals surface area (Å²) in [7, 11) is 0. The summed E-state index contributed by atoms with van der Waals surface area (Å²) in [5, 5.41) is 12.1. The predicted molar refractivity (Wildman–Crippen MR) is 94.6 cm³/mol. The number of rotatable bonds is 3. The van der Waals surface area contributed by atoms with E-state index in [1.54, 1.807) is 29.8 Å². The topological polar surface area (TPSA) is 72.2 Å². The minimum Gasteiger partial charge on any atom is -0.351 e. The second-order valence-electron chi connectivity index (χ2n) is 5.86. The molecule has 1 aliphatic heterocycles. The summed E-state index contributed by atoms with van der Waals surface area (Å²) < 4.78 is 0. The van der Waals surface area contributed by atoms with Gasteiger partial charge in [0.1, 0.15) is 17.0 Å². The fourth-order valence-electron chi connectivity index (χ4n) is 3.16. The quantitative estimate of drug-likeness (QED) is 0.537. The van der Waals surface area contributed by atoms with Gasteiger partial charge in [0.05, 0.1) is 10.3 Å². The molecular weight excluding hydrogens is 324 g/mol. The maximum atomic E-state index is 11.0. The Morgan fingerprint density at radius 1 is 1.29 bits per heavy atom. The van der Waals surface area contributed by atoms with Gasteiger partial charge in [0.25, 0.3) is 5.69 Å². The molecule has 0 spiro atoms. The van der Waals surface area contributed by atoms with E-state index in [2.05, 4.69) is 27.9 Å². The van der Waals surface area contributed by atoms with Gasteiger partial charge in [-0.25, -0.2) is 9.97 Å². The minimum atomic E-state index is -0.339. The van der Waals surface area contributed by atoms with E-state index in [1.807, 2.05) is 6.07 Å². The van der Waals surface area contributed by atoms with Gasteiger partial charge < -0.3 is 4.90 Å². The lowest BCUT2D eigenvalue weighted by atomic mass is 9.99. The number of aromatic nitrogens is 2. The molecule has 1 aromatic carbocycles. The van der Waals surface area contributed by atoms with E-state index in [-0.39, 0.29) is 10.6 Å². The van der Waals surface area contributed by atoms with Gasteiger partial charge in [0, 0.05) is 30.1 Å². The highest BCUT2D eigenvalue weighted by Gasteiger charge is 2.22. The largest absolute Gasteiger partial charge is 0.351 e. The molecule has 3 aromatic rings. The predicted octanol–water partition coefficient (Wildman–Crippen LogP) is 3.72. The highest BCUT2D eigenvalue weighted by Crippen LogP contribution is 2.33. The minimum absolute atomic E-state index is 0.146. The third-order valence-corrected chi connectivity index (χ3v) is 5.61. The summed E-state index contributed by atoms with van der Waals surface area (Å²) in [4.78, 5) is 24.0. The molecule has 7 heteroatoms. The van der Waals surface area contributed by atoms with Crippen molar-refractivity contribution >= 4 is 33.1 Å². The van der Waals surface area contributed by atoms with Crippen LogP contribution in [0.1, 0.15) is 22.9 Å². The van der Waals surface area contributed by atoms with Crippen LogP contribution in [0.15, 0.2) is 30.6 Å². The van der Waals surface area contributed by atoms with Crippen LogP contribution in [0.5, 0.6) is 0 Å². The van der Waals surface area contributed by atoms with Crippen LogP contribution >= 0.6 is 11.3 Å². The second kappa shape index (κ2) is 5.83. The van der Waals surface area contributed by atoms with E-state index >= 15 is 0 Å². The molecule has 0 unspecified atom stereocenters. The molecule has 0 saturated carbocycles. The molecule has 24 heavy (non-hydrogen) atoms. The maximum Gasteiger partial charge on any atom is 0.269 e. The summed E-state index contributed by atoms with van der Waals surface area (Å²) in [6.07, 6.45) is 3.45. The van der Waals surface area contributed by atoms with Crippen LogP contribution in [-0.4, -0.2) is 21.4 Å². The lowest BCUT2D eigenvalue weighted by molar-refractivity contribution is -0.384. The Labute approximate surface area is 142 Å². The molecular formula is C17H16N4O2S. The standard InChI is InChI=1S/C17H16N4O2S/c1-2-14-8-15-16(18-10-19-17(15)24-14)20-6-5-11-3-4-13(21(22)23)7-12(11)9-20/h3-4,7-8,10H,2,5-6,9H2,1H3. The number of fused-ring (bicyclic) bond motifs is 2. The molecule has 0 fully saturated rings. The summed E-state index contributed by atoms with van der Waals surface area (Å²) in [5.41, 5.74) is 2.34. The number of hydrogen-bond donors (Lipinski definition) is 0. The molecule has 0 amide bonds. The van der Waals surface area contributed by atoms with E-state index in [4.69, 9.17) is 0 Å². The van der Waals surface area contributed by atoms with E-state index < -0.39 is 0 Å². The van der Waals surface area contributed by atoms with Crippen LogP contribution < -0.4 is 4.90 Å². The second-order valence-corrected chi connectivity index (χ2v) is 6.98. The number of nitro groups is 1. The zero-order chi connectivity index (χ0) is 16.7. The zero-order valence-corrected chi connectivity index (χ0v) is 14.0. The number of thiophene rings is 1. The number of anilines is 1. The Morgan fingerprint density at radius 2 is 2.17 bits per heavy atom. The summed E-state index contributed by atoms with van der Waals surface area (Å²) in [6.45, 7) is 3.63. The van der Waals surface area contributed by atoms with Gasteiger partial charge in [-0.2, -0.15) is 0 Å². The van der Waals surface area contributed by atoms with Gasteiger partial charge in [-0.05, 0) is 30.0 Å². The molecule has 6 nitrogen and oxygen atoms in total. The monoisotopic (exact) mass is 340 g/mol. The van der Waals surface area contributed by atoms with E-state index in [1.165, 1.54) is 10.4 Å². The molecule has 0 N–H and O–H groups in total. The molecule has 3 heterocycles. The third-order valence-electron chi connectivity index (χ3n) is 4.42. The average Bonchev–Trinajstić information content (AvgIpc) is 3.04. The lowest BCUT2D eigenvalue weighted by Crippen LogP contribution is -2.31. The van der Waals surface area contributed by atoms with E-state index in [9.17, 15) is 10.1 Å². The van der Waals surface area contributed by atoms with Crippen LogP contribution in [0.2, 0.25) is 0 Å². The average molecular weight is 340 g/mol. The van der Waals surface area contributed by atoms with Crippen LogP contribution in [0.4, 0.5) is 11.5 Å². The van der Waals surface area contributed by atoms with E-state index in [0.717, 1.165) is 41.0 Å². The Hall–Kier alpha value is -2.54. The van der Waals surface area contributed by atoms with Crippen molar-refractivity contribution in [2.45, 2.75) is 26.3 Å². The van der Waals surface area contributed by atoms with Crippen molar-refractivity contribution < 1.29 is 4.92 Å². The first-order valence-electron chi connectivity index (χ1n) is 7.90. The molecule has 4 rings (SSSR count). The molecule has 0 radical (unpaired) electrons. The van der Waals surface area contributed by atoms with Crippen LogP contribution in [0.25, 0.3) is 10.2 Å². The fourth-order valence-corrected chi connectivity index (χ4v) is 4.09. The highest BCUT2D eigenvalue weighted by molar-refractivity contribution is 7.18. The maximum absolute atomic E-state index is 11.0. The van der Waals surface area contributed by atoms with Crippen molar-refractivity contribution in [3.63, 3.8) is 0 Å². The van der Waals surface area contributed by atoms with Crippen molar-refractivity contribution in [2.24, 2.45) is 0 Å². The van der Waals surface area contributed by atoms with Crippen molar-refractivity contribution in [1.82, 2.24) is 9.97 Å². The highest BCUT2D eigenvalue weighted by atomic mass is 32.1. The molecule has 0 saturated heterocycles.